The van der Waals surface area contributed by atoms with Crippen LogP contribution in [0.1, 0.15) is 29.2 Å². The molecule has 3 aliphatic rings. The Hall–Kier alpha value is -4.98. The minimum Gasteiger partial charge on any atom is -0.422 e. The number of rotatable bonds is 3. The van der Waals surface area contributed by atoms with Gasteiger partial charge in [0.15, 0.2) is 0 Å². The Labute approximate surface area is 198 Å². The van der Waals surface area contributed by atoms with Gasteiger partial charge in [-0.05, 0) is 36.8 Å². The van der Waals surface area contributed by atoms with Crippen molar-refractivity contribution >= 4 is 57.9 Å². The van der Waals surface area contributed by atoms with Crippen molar-refractivity contribution in [1.29, 1.82) is 0 Å². The Morgan fingerprint density at radius 2 is 1.51 bits per heavy atom. The van der Waals surface area contributed by atoms with Crippen LogP contribution in [0, 0.1) is 0 Å². The molecule has 3 aromatic carbocycles. The number of hydrogen-bond donors (Lipinski definition) is 2. The Balaban J connectivity index is 1.53. The van der Waals surface area contributed by atoms with Crippen LogP contribution >= 0.6 is 0 Å². The van der Waals surface area contributed by atoms with Crippen molar-refractivity contribution in [2.24, 2.45) is 0 Å². The monoisotopic (exact) mass is 464 g/mol. The van der Waals surface area contributed by atoms with Crippen molar-refractivity contribution < 1.29 is 28.7 Å². The van der Waals surface area contributed by atoms with Crippen molar-refractivity contribution in [3.63, 3.8) is 0 Å². The molecule has 2 amide bonds. The first-order valence-corrected chi connectivity index (χ1v) is 10.8. The molecule has 0 spiro atoms. The highest BCUT2D eigenvalue weighted by atomic mass is 16.5. The minimum absolute atomic E-state index is 0.121. The molecule has 3 aromatic rings. The molecule has 8 nitrogen and oxygen atoms in total. The summed E-state index contributed by atoms with van der Waals surface area (Å²) in [7, 11) is 0. The quantitative estimate of drug-likeness (QED) is 0.263. The van der Waals surface area contributed by atoms with E-state index in [0.29, 0.717) is 51.2 Å². The third-order valence-electron chi connectivity index (χ3n) is 6.28. The number of nitrogens with one attached hydrogen (secondary N) is 2. The number of fused-ring (bicyclic) bond motifs is 3. The predicted molar refractivity (Wildman–Crippen MR) is 128 cm³/mol. The zero-order chi connectivity index (χ0) is 24.3. The number of anilines is 2. The molecule has 0 saturated carbocycles. The van der Waals surface area contributed by atoms with Crippen LogP contribution in [0.4, 0.5) is 11.4 Å². The number of amides is 2. The van der Waals surface area contributed by atoms with Crippen molar-refractivity contribution in [3.8, 4) is 11.5 Å². The molecule has 2 N–H and O–H groups in total. The second-order valence-corrected chi connectivity index (χ2v) is 8.18. The van der Waals surface area contributed by atoms with Crippen LogP contribution in [0.25, 0.3) is 22.3 Å². The largest absolute Gasteiger partial charge is 0.422 e. The molecular formula is C27H16N2O6. The molecular weight excluding hydrogens is 448 g/mol. The smallest absolute Gasteiger partial charge is 0.345 e. The lowest BCUT2D eigenvalue weighted by Gasteiger charge is -2.10. The first kappa shape index (κ1) is 20.6. The van der Waals surface area contributed by atoms with Gasteiger partial charge in [-0.15, -0.1) is 0 Å². The fraction of sp³-hybridized carbons (Fsp3) is 0.0370. The molecule has 6 rings (SSSR count). The summed E-state index contributed by atoms with van der Waals surface area (Å²) in [5.41, 5.74) is 4.47. The molecule has 0 aromatic heterocycles. The molecule has 170 valence electrons. The van der Waals surface area contributed by atoms with E-state index in [0.717, 1.165) is 0 Å². The fourth-order valence-electron chi connectivity index (χ4n) is 4.73. The van der Waals surface area contributed by atoms with Gasteiger partial charge in [0.25, 0.3) is 5.91 Å². The van der Waals surface area contributed by atoms with Crippen LogP contribution in [0.3, 0.4) is 0 Å². The molecule has 0 saturated heterocycles. The number of benzene rings is 3. The van der Waals surface area contributed by atoms with Gasteiger partial charge in [0.2, 0.25) is 6.41 Å². The average Bonchev–Trinajstić information content (AvgIpc) is 3.45. The lowest BCUT2D eigenvalue weighted by molar-refractivity contribution is -0.127. The van der Waals surface area contributed by atoms with Gasteiger partial charge in [-0.25, -0.2) is 9.59 Å². The highest BCUT2D eigenvalue weighted by Gasteiger charge is 2.40. The van der Waals surface area contributed by atoms with Gasteiger partial charge < -0.3 is 20.1 Å². The van der Waals surface area contributed by atoms with Crippen LogP contribution in [-0.4, -0.2) is 24.3 Å². The zero-order valence-electron chi connectivity index (χ0n) is 18.3. The van der Waals surface area contributed by atoms with E-state index in [9.17, 15) is 19.2 Å². The maximum Gasteiger partial charge on any atom is 0.345 e. The average molecular weight is 464 g/mol. The number of allylic oxidation sites excluding steroid dienone is 1. The topological polar surface area (TPSA) is 111 Å². The van der Waals surface area contributed by atoms with Crippen LogP contribution < -0.4 is 20.1 Å². The van der Waals surface area contributed by atoms with Crippen LogP contribution in [0.15, 0.2) is 60.7 Å². The number of esters is 2. The highest BCUT2D eigenvalue weighted by molar-refractivity contribution is 6.46. The fourth-order valence-corrected chi connectivity index (χ4v) is 4.73. The van der Waals surface area contributed by atoms with Crippen molar-refractivity contribution in [1.82, 2.24) is 0 Å². The maximum absolute atomic E-state index is 12.9. The third kappa shape index (κ3) is 3.00. The molecule has 35 heavy (non-hydrogen) atoms. The van der Waals surface area contributed by atoms with E-state index >= 15 is 0 Å². The molecule has 0 radical (unpaired) electrons. The van der Waals surface area contributed by atoms with Gasteiger partial charge in [0.1, 0.15) is 11.5 Å². The van der Waals surface area contributed by atoms with E-state index in [1.165, 1.54) is 0 Å². The zero-order valence-corrected chi connectivity index (χ0v) is 18.3. The minimum atomic E-state index is -0.653. The first-order valence-electron chi connectivity index (χ1n) is 10.8. The van der Waals surface area contributed by atoms with Crippen molar-refractivity contribution in [2.45, 2.75) is 6.92 Å². The highest BCUT2D eigenvalue weighted by Crippen LogP contribution is 2.49. The SMILES string of the molecule is C/C(=C1/C(=O)Oc2cc3c(cc21)OC(=O)/C3=C1/C(=O)Nc2ccccc21)c1ccccc1NC=O. The van der Waals surface area contributed by atoms with E-state index in [4.69, 9.17) is 9.47 Å². The second-order valence-electron chi connectivity index (χ2n) is 8.18. The Bertz CT molecular complexity index is 1580. The lowest BCUT2D eigenvalue weighted by Crippen LogP contribution is -2.09. The summed E-state index contributed by atoms with van der Waals surface area (Å²) < 4.78 is 11.1. The van der Waals surface area contributed by atoms with Gasteiger partial charge in [0.05, 0.1) is 16.7 Å². The molecule has 3 aliphatic heterocycles. The van der Waals surface area contributed by atoms with Gasteiger partial charge in [0, 0.05) is 33.6 Å². The summed E-state index contributed by atoms with van der Waals surface area (Å²) >= 11 is 0. The standard InChI is InChI=1S/C27H16N2O6/c1-13(14-6-2-4-8-18(14)28-12-30)22-16-10-21-17(11-20(16)34-26(22)32)24(27(33)35-21)23-15-7-3-5-9-19(15)29-25(23)31/h2-12H,1H3,(H,28,30)(H,29,31)/b22-13-,24-23+. The van der Waals surface area contributed by atoms with E-state index in [1.54, 1.807) is 67.6 Å². The number of para-hydroxylation sites is 2. The maximum atomic E-state index is 12.9. The van der Waals surface area contributed by atoms with Crippen LogP contribution in [0.5, 0.6) is 11.5 Å². The summed E-state index contributed by atoms with van der Waals surface area (Å²) in [6.07, 6.45) is 0.566. The molecule has 0 atom stereocenters. The molecule has 0 unspecified atom stereocenters. The summed E-state index contributed by atoms with van der Waals surface area (Å²) in [5, 5.41) is 5.40. The lowest BCUT2D eigenvalue weighted by atomic mass is 9.92. The van der Waals surface area contributed by atoms with Gasteiger partial charge in [-0.1, -0.05) is 36.4 Å². The van der Waals surface area contributed by atoms with Crippen molar-refractivity contribution in [2.75, 3.05) is 10.6 Å². The van der Waals surface area contributed by atoms with Crippen molar-refractivity contribution in [3.05, 3.63) is 82.9 Å². The second kappa shape index (κ2) is 7.53. The predicted octanol–water partition coefficient (Wildman–Crippen LogP) is 3.89. The Morgan fingerprint density at radius 3 is 2.34 bits per heavy atom. The van der Waals surface area contributed by atoms with E-state index < -0.39 is 17.8 Å². The summed E-state index contributed by atoms with van der Waals surface area (Å²) in [4.78, 5) is 49.6. The molecule has 0 fully saturated rings. The number of ether oxygens (including phenoxy) is 2. The summed E-state index contributed by atoms with van der Waals surface area (Å²) in [5.74, 6) is -1.13. The summed E-state index contributed by atoms with van der Waals surface area (Å²) in [6, 6.07) is 17.3. The van der Waals surface area contributed by atoms with Gasteiger partial charge >= 0.3 is 11.9 Å². The van der Waals surface area contributed by atoms with E-state index in [2.05, 4.69) is 10.6 Å². The van der Waals surface area contributed by atoms with E-state index in [1.807, 2.05) is 0 Å². The first-order chi connectivity index (χ1) is 17.0. The molecule has 8 heteroatoms. The normalized spacial score (nSPS) is 18.8. The van der Waals surface area contributed by atoms with Gasteiger partial charge in [-0.3, -0.25) is 9.59 Å². The van der Waals surface area contributed by atoms with Crippen LogP contribution in [-0.2, 0) is 19.2 Å². The number of carbonyl (C=O) groups excluding carboxylic acids is 4. The molecule has 0 aliphatic carbocycles. The Kier molecular flexibility index (Phi) is 4.43. The third-order valence-corrected chi connectivity index (χ3v) is 6.28. The summed E-state index contributed by atoms with van der Waals surface area (Å²) in [6.45, 7) is 1.75. The number of hydrogen-bond acceptors (Lipinski definition) is 6. The van der Waals surface area contributed by atoms with E-state index in [-0.39, 0.29) is 22.6 Å². The molecule has 3 heterocycles. The van der Waals surface area contributed by atoms with Crippen LogP contribution in [0.2, 0.25) is 0 Å². The number of carbonyl (C=O) groups is 4. The Morgan fingerprint density at radius 1 is 0.829 bits per heavy atom. The molecule has 0 bridgehead atoms. The van der Waals surface area contributed by atoms with Gasteiger partial charge in [-0.2, -0.15) is 0 Å².